The van der Waals surface area contributed by atoms with E-state index in [0.717, 1.165) is 44.9 Å². The minimum Gasteiger partial charge on any atom is -0.346 e. The van der Waals surface area contributed by atoms with Crippen LogP contribution in [-0.2, 0) is 19.2 Å². The first-order chi connectivity index (χ1) is 21.2. The highest BCUT2D eigenvalue weighted by atomic mass is 16.2. The van der Waals surface area contributed by atoms with E-state index in [2.05, 4.69) is 33.2 Å². The molecule has 3 aliphatic rings. The Labute approximate surface area is 263 Å². The van der Waals surface area contributed by atoms with Crippen LogP contribution >= 0.6 is 0 Å². The topological polar surface area (TPSA) is 149 Å². The number of carbonyl (C=O) groups excluding carboxylic acids is 5. The zero-order valence-corrected chi connectivity index (χ0v) is 27.1. The largest absolute Gasteiger partial charge is 0.346 e. The van der Waals surface area contributed by atoms with Crippen molar-refractivity contribution >= 4 is 29.5 Å². The van der Waals surface area contributed by atoms with Crippen molar-refractivity contribution in [2.75, 3.05) is 26.7 Å². The number of nitrogens with one attached hydrogen (secondary N) is 5. The first-order valence-corrected chi connectivity index (χ1v) is 16.9. The van der Waals surface area contributed by atoms with Crippen molar-refractivity contribution in [3.63, 3.8) is 0 Å². The molecule has 2 saturated carbocycles. The molecule has 0 bridgehead atoms. The van der Waals surface area contributed by atoms with Crippen molar-refractivity contribution in [3.05, 3.63) is 12.7 Å². The molecule has 3 rings (SSSR count). The molecule has 5 N–H and O–H groups in total. The average Bonchev–Trinajstić information content (AvgIpc) is 3.52. The second-order valence-electron chi connectivity index (χ2n) is 13.3. The molecule has 0 aromatic heterocycles. The van der Waals surface area contributed by atoms with Crippen molar-refractivity contribution in [2.45, 2.75) is 121 Å². The molecule has 0 aromatic rings. The molecule has 2 aliphatic carbocycles. The summed E-state index contributed by atoms with van der Waals surface area (Å²) in [5, 5.41) is 14.7. The molecular formula is C33H56N6O5. The van der Waals surface area contributed by atoms with Gasteiger partial charge in [-0.1, -0.05) is 58.4 Å². The van der Waals surface area contributed by atoms with E-state index in [1.807, 2.05) is 20.9 Å². The van der Waals surface area contributed by atoms with E-state index in [1.54, 1.807) is 4.90 Å². The van der Waals surface area contributed by atoms with Crippen molar-refractivity contribution < 1.29 is 24.0 Å². The number of nitrogens with zero attached hydrogens (tertiary/aromatic N) is 1. The Balaban J connectivity index is 1.73. The highest BCUT2D eigenvalue weighted by Crippen LogP contribution is 2.30. The van der Waals surface area contributed by atoms with Gasteiger partial charge < -0.3 is 31.5 Å². The fourth-order valence-electron chi connectivity index (χ4n) is 7.15. The Bertz CT molecular complexity index is 991. The summed E-state index contributed by atoms with van der Waals surface area (Å²) in [6.45, 7) is 8.60. The van der Waals surface area contributed by atoms with Gasteiger partial charge in [-0.2, -0.15) is 0 Å². The molecule has 11 heteroatoms. The minimum atomic E-state index is -0.994. The first-order valence-electron chi connectivity index (χ1n) is 16.9. The normalized spacial score (nSPS) is 21.6. The van der Waals surface area contributed by atoms with Gasteiger partial charge in [-0.05, 0) is 69.7 Å². The number of likely N-dealkylation sites (tertiary alicyclic amines) is 1. The van der Waals surface area contributed by atoms with Crippen LogP contribution in [0.4, 0.5) is 4.79 Å². The van der Waals surface area contributed by atoms with Gasteiger partial charge in [0.25, 0.3) is 5.91 Å². The van der Waals surface area contributed by atoms with Crippen LogP contribution in [0.2, 0.25) is 0 Å². The van der Waals surface area contributed by atoms with E-state index in [4.69, 9.17) is 0 Å². The Morgan fingerprint density at radius 1 is 0.841 bits per heavy atom. The van der Waals surface area contributed by atoms with Gasteiger partial charge in [-0.15, -0.1) is 6.58 Å². The van der Waals surface area contributed by atoms with Crippen LogP contribution in [0, 0.1) is 17.8 Å². The second kappa shape index (κ2) is 18.1. The van der Waals surface area contributed by atoms with Crippen LogP contribution < -0.4 is 26.6 Å². The van der Waals surface area contributed by atoms with Crippen LogP contribution in [0.3, 0.4) is 0 Å². The molecule has 248 valence electrons. The molecule has 44 heavy (non-hydrogen) atoms. The van der Waals surface area contributed by atoms with E-state index >= 15 is 0 Å². The maximum Gasteiger partial charge on any atom is 0.315 e. The van der Waals surface area contributed by atoms with Gasteiger partial charge in [0.1, 0.15) is 12.1 Å². The highest BCUT2D eigenvalue weighted by Gasteiger charge is 2.42. The van der Waals surface area contributed by atoms with Gasteiger partial charge >= 0.3 is 6.03 Å². The molecule has 1 heterocycles. The summed E-state index contributed by atoms with van der Waals surface area (Å²) in [5.41, 5.74) is 0. The van der Waals surface area contributed by atoms with E-state index in [-0.39, 0.29) is 36.4 Å². The van der Waals surface area contributed by atoms with Gasteiger partial charge in [0.05, 0.1) is 6.04 Å². The lowest BCUT2D eigenvalue weighted by Crippen LogP contribution is -2.60. The van der Waals surface area contributed by atoms with Gasteiger partial charge in [0.2, 0.25) is 17.6 Å². The summed E-state index contributed by atoms with van der Waals surface area (Å²) in [4.78, 5) is 68.1. The predicted octanol–water partition coefficient (Wildman–Crippen LogP) is 2.80. The third-order valence-corrected chi connectivity index (χ3v) is 9.44. The van der Waals surface area contributed by atoms with Crippen LogP contribution in [0.25, 0.3) is 0 Å². The van der Waals surface area contributed by atoms with Crippen molar-refractivity contribution in [1.82, 2.24) is 31.5 Å². The number of Topliss-reactive ketones (excluding diaryl/α,β-unsaturated/α-hetero) is 1. The van der Waals surface area contributed by atoms with Crippen LogP contribution in [0.15, 0.2) is 12.7 Å². The number of likely N-dealkylation sites (N-methyl/N-ethyl adjacent to an activating group) is 1. The lowest BCUT2D eigenvalue weighted by atomic mass is 9.83. The smallest absolute Gasteiger partial charge is 0.315 e. The second-order valence-corrected chi connectivity index (χ2v) is 13.3. The third-order valence-electron chi connectivity index (χ3n) is 9.44. The summed E-state index contributed by atoms with van der Waals surface area (Å²) >= 11 is 0. The number of amides is 5. The maximum absolute atomic E-state index is 14.2. The van der Waals surface area contributed by atoms with Crippen molar-refractivity contribution in [1.29, 1.82) is 0 Å². The molecule has 0 aromatic carbocycles. The zero-order valence-electron chi connectivity index (χ0n) is 27.1. The molecule has 5 amide bonds. The van der Waals surface area contributed by atoms with Gasteiger partial charge in [-0.25, -0.2) is 4.79 Å². The fourth-order valence-corrected chi connectivity index (χ4v) is 7.15. The monoisotopic (exact) mass is 616 g/mol. The number of rotatable bonds is 15. The first kappa shape index (κ1) is 35.5. The van der Waals surface area contributed by atoms with Gasteiger partial charge in [0.15, 0.2) is 0 Å². The van der Waals surface area contributed by atoms with E-state index in [0.29, 0.717) is 38.3 Å². The number of hydrogen-bond acceptors (Lipinski definition) is 6. The average molecular weight is 617 g/mol. The fraction of sp³-hybridized carbons (Fsp3) is 0.788. The molecule has 4 atom stereocenters. The summed E-state index contributed by atoms with van der Waals surface area (Å²) in [5.74, 6) is -1.72. The zero-order chi connectivity index (χ0) is 32.1. The van der Waals surface area contributed by atoms with E-state index in [9.17, 15) is 24.0 Å². The lowest BCUT2D eigenvalue weighted by molar-refractivity contribution is -0.143. The summed E-state index contributed by atoms with van der Waals surface area (Å²) in [7, 11) is 1.88. The Morgan fingerprint density at radius 2 is 1.48 bits per heavy atom. The quantitative estimate of drug-likeness (QED) is 0.141. The van der Waals surface area contributed by atoms with Crippen LogP contribution in [0.1, 0.15) is 97.3 Å². The molecule has 0 spiro atoms. The molecule has 1 aliphatic heterocycles. The minimum absolute atomic E-state index is 0.00688. The molecule has 11 nitrogen and oxygen atoms in total. The van der Waals surface area contributed by atoms with Crippen molar-refractivity contribution in [2.24, 2.45) is 17.8 Å². The summed E-state index contributed by atoms with van der Waals surface area (Å²) in [6.07, 6.45) is 13.4. The standard InChI is InChI=1S/C33H56N6O5/c1-5-18-35-31(42)29(40)25(20-22(2)3)36-30(41)27-17-12-19-39(27)32(43)28(24-15-10-7-11-16-24)38-33(44)37-26(21-34-4)23-13-8-6-9-14-23/h5,22-28,34H,1,6-21H2,2-4H3,(H,35,42)(H,36,41)(H2,37,38,44). The maximum atomic E-state index is 14.2. The molecule has 0 radical (unpaired) electrons. The Hall–Kier alpha value is -2.95. The molecular weight excluding hydrogens is 560 g/mol. The van der Waals surface area contributed by atoms with Gasteiger partial charge in [-0.3, -0.25) is 19.2 Å². The number of hydrogen-bond donors (Lipinski definition) is 5. The Morgan fingerprint density at radius 3 is 2.07 bits per heavy atom. The number of carbonyl (C=O) groups is 5. The van der Waals surface area contributed by atoms with Crippen LogP contribution in [0.5, 0.6) is 0 Å². The Kier molecular flexibility index (Phi) is 14.6. The van der Waals surface area contributed by atoms with Crippen LogP contribution in [-0.4, -0.2) is 85.3 Å². The molecule has 4 unspecified atom stereocenters. The van der Waals surface area contributed by atoms with E-state index < -0.39 is 35.7 Å². The van der Waals surface area contributed by atoms with Crippen molar-refractivity contribution in [3.8, 4) is 0 Å². The predicted molar refractivity (Wildman–Crippen MR) is 171 cm³/mol. The molecule has 1 saturated heterocycles. The molecule has 3 fully saturated rings. The third kappa shape index (κ3) is 10.3. The summed E-state index contributed by atoms with van der Waals surface area (Å²) in [6, 6.07) is -2.86. The SMILES string of the molecule is C=CCNC(=O)C(=O)C(CC(C)C)NC(=O)C1CCCN1C(=O)C(NC(=O)NC(CNC)C1CCCCC1)C1CCCCC1. The number of urea groups is 1. The highest BCUT2D eigenvalue weighted by molar-refractivity contribution is 6.38. The van der Waals surface area contributed by atoms with Gasteiger partial charge in [0, 0.05) is 25.7 Å². The lowest BCUT2D eigenvalue weighted by Gasteiger charge is -2.36. The van der Waals surface area contributed by atoms with E-state index in [1.165, 1.54) is 25.3 Å². The number of ketones is 1. The summed E-state index contributed by atoms with van der Waals surface area (Å²) < 4.78 is 0.